The fourth-order valence-electron chi connectivity index (χ4n) is 2.91. The number of carbonyl (C=O) groups excluding carboxylic acids is 1. The van der Waals surface area contributed by atoms with Crippen LogP contribution in [0, 0.1) is 10.1 Å². The lowest BCUT2D eigenvalue weighted by Crippen LogP contribution is -2.14. The summed E-state index contributed by atoms with van der Waals surface area (Å²) in [5.41, 5.74) is 2.98. The normalized spacial score (nSPS) is 16.2. The maximum atomic E-state index is 12.3. The molecule has 0 saturated carbocycles. The first kappa shape index (κ1) is 13.4. The van der Waals surface area contributed by atoms with Crippen LogP contribution in [0.1, 0.15) is 17.2 Å². The highest BCUT2D eigenvalue weighted by Crippen LogP contribution is 2.36. The fourth-order valence-corrected chi connectivity index (χ4v) is 2.91. The van der Waals surface area contributed by atoms with Gasteiger partial charge in [0, 0.05) is 23.2 Å². The van der Waals surface area contributed by atoms with Crippen molar-refractivity contribution in [3.63, 3.8) is 0 Å². The summed E-state index contributed by atoms with van der Waals surface area (Å²) in [5, 5.41) is 14.4. The molecule has 6 heteroatoms. The molecular weight excluding hydrogens is 294 g/mol. The number of nitrogens with zero attached hydrogens (tertiary/aromatic N) is 2. The zero-order chi connectivity index (χ0) is 16.0. The van der Waals surface area contributed by atoms with Gasteiger partial charge in [-0.1, -0.05) is 24.3 Å². The van der Waals surface area contributed by atoms with E-state index in [9.17, 15) is 14.9 Å². The van der Waals surface area contributed by atoms with Gasteiger partial charge in [-0.3, -0.25) is 19.9 Å². The molecule has 0 bridgehead atoms. The molecule has 1 unspecified atom stereocenters. The lowest BCUT2D eigenvalue weighted by Gasteiger charge is -2.09. The van der Waals surface area contributed by atoms with Crippen LogP contribution in [-0.4, -0.2) is 15.8 Å². The van der Waals surface area contributed by atoms with Gasteiger partial charge in [-0.25, -0.2) is 0 Å². The van der Waals surface area contributed by atoms with Crippen molar-refractivity contribution in [3.8, 4) is 0 Å². The van der Waals surface area contributed by atoms with Crippen LogP contribution >= 0.6 is 0 Å². The summed E-state index contributed by atoms with van der Waals surface area (Å²) >= 11 is 0. The van der Waals surface area contributed by atoms with E-state index in [0.717, 1.165) is 11.3 Å². The third-order valence-corrected chi connectivity index (χ3v) is 3.99. The number of benzene rings is 2. The van der Waals surface area contributed by atoms with Crippen LogP contribution in [0.15, 0.2) is 54.6 Å². The minimum absolute atomic E-state index is 0.0241. The molecule has 1 N–H and O–H groups in total. The number of anilines is 1. The van der Waals surface area contributed by atoms with E-state index in [2.05, 4.69) is 10.3 Å². The van der Waals surface area contributed by atoms with Crippen molar-refractivity contribution in [2.24, 2.45) is 0 Å². The quantitative estimate of drug-likeness (QED) is 0.582. The molecule has 3 aromatic rings. The van der Waals surface area contributed by atoms with Crippen molar-refractivity contribution in [3.05, 3.63) is 76.0 Å². The van der Waals surface area contributed by atoms with Crippen LogP contribution in [0.4, 0.5) is 11.4 Å². The maximum Gasteiger partial charge on any atom is 0.270 e. The van der Waals surface area contributed by atoms with Gasteiger partial charge in [-0.15, -0.1) is 0 Å². The number of aromatic nitrogens is 1. The van der Waals surface area contributed by atoms with Crippen LogP contribution in [0.2, 0.25) is 0 Å². The summed E-state index contributed by atoms with van der Waals surface area (Å²) in [7, 11) is 0. The van der Waals surface area contributed by atoms with Crippen molar-refractivity contribution in [1.29, 1.82) is 0 Å². The smallest absolute Gasteiger partial charge is 0.270 e. The lowest BCUT2D eigenvalue weighted by molar-refractivity contribution is -0.384. The molecule has 1 aliphatic heterocycles. The Morgan fingerprint density at radius 3 is 2.74 bits per heavy atom. The molecule has 4 rings (SSSR count). The van der Waals surface area contributed by atoms with Crippen molar-refractivity contribution in [2.45, 2.75) is 5.92 Å². The standard InChI is InChI=1S/C17H11N3O3/c21-17-16(12-3-1-2-4-14(12)19-17)15-7-5-10-9-11(20(22)23)6-8-13(10)18-15/h1-9,16H,(H,19,21). The van der Waals surface area contributed by atoms with Crippen LogP contribution in [0.3, 0.4) is 0 Å². The number of nitrogens with one attached hydrogen (secondary N) is 1. The Hall–Kier alpha value is -3.28. The first-order chi connectivity index (χ1) is 11.1. The summed E-state index contributed by atoms with van der Waals surface area (Å²) < 4.78 is 0. The van der Waals surface area contributed by atoms with Gasteiger partial charge in [0.1, 0.15) is 5.92 Å². The number of nitro benzene ring substituents is 1. The Morgan fingerprint density at radius 1 is 1.09 bits per heavy atom. The molecule has 1 aromatic heterocycles. The van der Waals surface area contributed by atoms with Crippen molar-refractivity contribution >= 4 is 28.2 Å². The predicted molar refractivity (Wildman–Crippen MR) is 85.3 cm³/mol. The molecule has 1 atom stereocenters. The minimum atomic E-state index is -0.453. The summed E-state index contributed by atoms with van der Waals surface area (Å²) in [6.07, 6.45) is 0. The van der Waals surface area contributed by atoms with Gasteiger partial charge < -0.3 is 5.32 Å². The minimum Gasteiger partial charge on any atom is -0.325 e. The van der Waals surface area contributed by atoms with E-state index in [1.807, 2.05) is 24.3 Å². The molecule has 0 aliphatic carbocycles. The second-order valence-electron chi connectivity index (χ2n) is 5.38. The summed E-state index contributed by atoms with van der Waals surface area (Å²) in [6.45, 7) is 0. The van der Waals surface area contributed by atoms with E-state index in [0.29, 0.717) is 16.6 Å². The van der Waals surface area contributed by atoms with Crippen LogP contribution in [-0.2, 0) is 4.79 Å². The summed E-state index contributed by atoms with van der Waals surface area (Å²) in [4.78, 5) is 27.2. The molecule has 1 amide bonds. The number of fused-ring (bicyclic) bond motifs is 2. The number of carbonyl (C=O) groups is 1. The zero-order valence-electron chi connectivity index (χ0n) is 11.9. The van der Waals surface area contributed by atoms with E-state index >= 15 is 0 Å². The van der Waals surface area contributed by atoms with Crippen LogP contribution in [0.5, 0.6) is 0 Å². The van der Waals surface area contributed by atoms with E-state index in [1.54, 1.807) is 18.2 Å². The topological polar surface area (TPSA) is 85.1 Å². The van der Waals surface area contributed by atoms with E-state index in [-0.39, 0.29) is 11.6 Å². The number of nitro groups is 1. The molecule has 0 spiro atoms. The Labute approximate surface area is 130 Å². The monoisotopic (exact) mass is 305 g/mol. The van der Waals surface area contributed by atoms with Crippen molar-refractivity contribution in [1.82, 2.24) is 4.98 Å². The second kappa shape index (κ2) is 4.88. The van der Waals surface area contributed by atoms with Gasteiger partial charge in [0.15, 0.2) is 0 Å². The first-order valence-electron chi connectivity index (χ1n) is 7.08. The molecule has 23 heavy (non-hydrogen) atoms. The number of hydrogen-bond donors (Lipinski definition) is 1. The summed E-state index contributed by atoms with van der Waals surface area (Å²) in [5.74, 6) is -0.564. The average Bonchev–Trinajstić information content (AvgIpc) is 2.89. The Morgan fingerprint density at radius 2 is 1.91 bits per heavy atom. The van der Waals surface area contributed by atoms with E-state index in [4.69, 9.17) is 0 Å². The maximum absolute atomic E-state index is 12.3. The number of hydrogen-bond acceptors (Lipinski definition) is 4. The number of pyridine rings is 1. The van der Waals surface area contributed by atoms with Crippen molar-refractivity contribution < 1.29 is 9.72 Å². The molecule has 112 valence electrons. The molecule has 2 aromatic carbocycles. The predicted octanol–water partition coefficient (Wildman–Crippen LogP) is 3.23. The second-order valence-corrected chi connectivity index (χ2v) is 5.38. The van der Waals surface area contributed by atoms with Gasteiger partial charge in [0.05, 0.1) is 16.1 Å². The SMILES string of the molecule is O=C1Nc2ccccc2C1c1ccc2cc([N+](=O)[O-])ccc2n1. The number of non-ortho nitro benzene ring substituents is 1. The highest BCUT2D eigenvalue weighted by atomic mass is 16.6. The Kier molecular flexibility index (Phi) is 2.84. The number of para-hydroxylation sites is 1. The molecule has 2 heterocycles. The molecule has 0 fully saturated rings. The number of rotatable bonds is 2. The Bertz CT molecular complexity index is 968. The van der Waals surface area contributed by atoms with Crippen molar-refractivity contribution in [2.75, 3.05) is 5.32 Å². The highest BCUT2D eigenvalue weighted by Gasteiger charge is 2.32. The van der Waals surface area contributed by atoms with Gasteiger partial charge in [-0.2, -0.15) is 0 Å². The fraction of sp³-hybridized carbons (Fsp3) is 0.0588. The van der Waals surface area contributed by atoms with Gasteiger partial charge >= 0.3 is 0 Å². The third kappa shape index (κ3) is 2.12. The highest BCUT2D eigenvalue weighted by molar-refractivity contribution is 6.05. The molecule has 6 nitrogen and oxygen atoms in total. The molecule has 1 aliphatic rings. The van der Waals surface area contributed by atoms with Crippen LogP contribution in [0.25, 0.3) is 10.9 Å². The van der Waals surface area contributed by atoms with E-state index in [1.165, 1.54) is 12.1 Å². The van der Waals surface area contributed by atoms with E-state index < -0.39 is 10.8 Å². The summed E-state index contributed by atoms with van der Waals surface area (Å²) in [6, 6.07) is 15.5. The number of amides is 1. The zero-order valence-corrected chi connectivity index (χ0v) is 11.9. The molecular formula is C17H11N3O3. The van der Waals surface area contributed by atoms with Gasteiger partial charge in [-0.05, 0) is 23.8 Å². The van der Waals surface area contributed by atoms with Gasteiger partial charge in [0.25, 0.3) is 5.69 Å². The van der Waals surface area contributed by atoms with Gasteiger partial charge in [0.2, 0.25) is 5.91 Å². The first-order valence-corrected chi connectivity index (χ1v) is 7.08. The Balaban J connectivity index is 1.82. The largest absolute Gasteiger partial charge is 0.325 e. The van der Waals surface area contributed by atoms with Crippen LogP contribution < -0.4 is 5.32 Å². The molecule has 0 radical (unpaired) electrons. The lowest BCUT2D eigenvalue weighted by atomic mass is 9.96. The third-order valence-electron chi connectivity index (χ3n) is 3.99. The molecule has 0 saturated heterocycles. The average molecular weight is 305 g/mol.